The van der Waals surface area contributed by atoms with E-state index in [4.69, 9.17) is 19.9 Å². The minimum absolute atomic E-state index is 0.122. The Morgan fingerprint density at radius 1 is 1.08 bits per heavy atom. The highest BCUT2D eigenvalue weighted by molar-refractivity contribution is 6.23. The normalized spacial score (nSPS) is 28.4. The number of methoxy groups -OCH3 is 2. The molecule has 0 aromatic heterocycles. The van der Waals surface area contributed by atoms with Gasteiger partial charge in [0.25, 0.3) is 5.91 Å². The van der Waals surface area contributed by atoms with Crippen LogP contribution in [0.3, 0.4) is 0 Å². The van der Waals surface area contributed by atoms with Gasteiger partial charge in [0, 0.05) is 63.7 Å². The second kappa shape index (κ2) is 18.5. The summed E-state index contributed by atoms with van der Waals surface area (Å²) >= 11 is 0. The summed E-state index contributed by atoms with van der Waals surface area (Å²) in [5.41, 5.74) is 8.68. The number of Topliss-reactive ketones (excluding diaryl/α,β-unsaturated/α-hetero) is 1. The van der Waals surface area contributed by atoms with E-state index in [0.717, 1.165) is 17.3 Å². The van der Waals surface area contributed by atoms with Crippen molar-refractivity contribution in [2.75, 3.05) is 39.8 Å². The van der Waals surface area contributed by atoms with Crippen LogP contribution < -0.4 is 21.3 Å². The molecule has 5 N–H and O–H groups in total. The number of nitrogens with zero attached hydrogens (tertiary/aromatic N) is 1. The summed E-state index contributed by atoms with van der Waals surface area (Å²) in [6, 6.07) is 8.09. The molecule has 272 valence electrons. The first kappa shape index (κ1) is 39.9. The Bertz CT molecular complexity index is 1560. The van der Waals surface area contributed by atoms with Gasteiger partial charge in [0.2, 0.25) is 11.6 Å². The lowest BCUT2D eigenvalue weighted by atomic mass is 9.85. The number of allylic oxidation sites excluding steroid dienone is 4. The molecule has 0 unspecified atom stereocenters. The molecule has 2 amide bonds. The zero-order valence-electron chi connectivity index (χ0n) is 30.3. The smallest absolute Gasteiger partial charge is 0.405 e. The number of ketones is 2. The monoisotopic (exact) mass is 692 g/mol. The number of aliphatic hydroxyl groups excluding tert-OH is 1. The SMILES string of the molecule is CO[C@H]1/C=C\C=C(/C)C(=O)NC2=CC(=O)C(NCCc3ccc(N(C)C)cc3)=C(C[C@@H](C)C[C@H](OC)[C@H](O)[C@@H](C)/C=C(\C)[C@@H]1OC(N)=O)C2=O. The average Bonchev–Trinajstić information content (AvgIpc) is 3.07. The van der Waals surface area contributed by atoms with Gasteiger partial charge in [-0.1, -0.05) is 50.3 Å². The van der Waals surface area contributed by atoms with Crippen molar-refractivity contribution in [2.24, 2.45) is 17.6 Å². The summed E-state index contributed by atoms with van der Waals surface area (Å²) in [7, 11) is 6.88. The Kier molecular flexibility index (Phi) is 14.7. The number of fused-ring (bicyclic) bond motifs is 2. The molecule has 1 heterocycles. The maximum Gasteiger partial charge on any atom is 0.405 e. The fourth-order valence-electron chi connectivity index (χ4n) is 6.07. The molecule has 0 spiro atoms. The Morgan fingerprint density at radius 3 is 2.36 bits per heavy atom. The molecule has 50 heavy (non-hydrogen) atoms. The minimum Gasteiger partial charge on any atom is -0.439 e. The third-order valence-electron chi connectivity index (χ3n) is 8.96. The average molecular weight is 693 g/mol. The van der Waals surface area contributed by atoms with E-state index in [2.05, 4.69) is 10.6 Å². The standard InChI is InChI=1S/C38H52N4O8/c1-22-18-28-33(40-17-16-26-12-14-27(15-13-26)42(5)6)30(43)21-29(35(28)45)41-37(46)23(2)10-9-11-31(48-7)36(50-38(39)47)25(4)20-24(3)34(44)32(19-22)49-8/h9-15,20-22,24,31-32,34,36,40,44H,16-19H2,1-8H3,(H2,39,47)(H,41,46)/b11-9-,23-10+,25-20+/t22-,24+,31+,32+,34-,36+/m1/s1. The summed E-state index contributed by atoms with van der Waals surface area (Å²) in [6.07, 6.45) is 4.43. The fraction of sp³-hybridized carbons (Fsp3) is 0.474. The van der Waals surface area contributed by atoms with Crippen LogP contribution in [-0.2, 0) is 35.0 Å². The Balaban J connectivity index is 2.00. The molecule has 2 aliphatic rings. The lowest BCUT2D eigenvalue weighted by Crippen LogP contribution is -2.38. The predicted molar refractivity (Wildman–Crippen MR) is 192 cm³/mol. The van der Waals surface area contributed by atoms with Crippen LogP contribution in [0.25, 0.3) is 0 Å². The number of anilines is 1. The molecule has 0 fully saturated rings. The molecule has 12 nitrogen and oxygen atoms in total. The van der Waals surface area contributed by atoms with Gasteiger partial charge >= 0.3 is 6.09 Å². The first-order chi connectivity index (χ1) is 23.7. The predicted octanol–water partition coefficient (Wildman–Crippen LogP) is 3.66. The Morgan fingerprint density at radius 2 is 1.76 bits per heavy atom. The maximum absolute atomic E-state index is 13.9. The molecule has 1 aromatic rings. The Labute approximate surface area is 295 Å². The van der Waals surface area contributed by atoms with Gasteiger partial charge < -0.3 is 40.6 Å². The largest absolute Gasteiger partial charge is 0.439 e. The number of rotatable bonds is 8. The third kappa shape index (κ3) is 10.7. The van der Waals surface area contributed by atoms with Gasteiger partial charge in [-0.25, -0.2) is 4.79 Å². The van der Waals surface area contributed by atoms with Crippen LogP contribution in [0.2, 0.25) is 0 Å². The van der Waals surface area contributed by atoms with E-state index >= 15 is 0 Å². The molecule has 3 rings (SSSR count). The topological polar surface area (TPSA) is 170 Å². The first-order valence-electron chi connectivity index (χ1n) is 16.7. The number of nitrogens with one attached hydrogen (secondary N) is 2. The molecule has 12 heteroatoms. The number of hydrogen-bond acceptors (Lipinski definition) is 10. The second-order valence-electron chi connectivity index (χ2n) is 13.2. The number of carbonyl (C=O) groups is 4. The van der Waals surface area contributed by atoms with E-state index in [0.29, 0.717) is 25.0 Å². The van der Waals surface area contributed by atoms with Crippen LogP contribution in [0.1, 0.15) is 46.1 Å². The quantitative estimate of drug-likeness (QED) is 0.233. The fourth-order valence-corrected chi connectivity index (χ4v) is 6.07. The van der Waals surface area contributed by atoms with Gasteiger partial charge in [0.1, 0.15) is 6.10 Å². The summed E-state index contributed by atoms with van der Waals surface area (Å²) in [6.45, 7) is 7.44. The van der Waals surface area contributed by atoms with E-state index in [1.807, 2.05) is 57.1 Å². The zero-order valence-corrected chi connectivity index (χ0v) is 30.3. The molecule has 2 bridgehead atoms. The zero-order chi connectivity index (χ0) is 37.1. The van der Waals surface area contributed by atoms with Crippen LogP contribution in [0.15, 0.2) is 82.8 Å². The van der Waals surface area contributed by atoms with Crippen molar-refractivity contribution >= 4 is 29.3 Å². The van der Waals surface area contributed by atoms with Crippen molar-refractivity contribution in [3.63, 3.8) is 0 Å². The highest BCUT2D eigenvalue weighted by Crippen LogP contribution is 2.29. The number of nitrogens with two attached hydrogens (primary N) is 1. The molecule has 0 radical (unpaired) electrons. The lowest BCUT2D eigenvalue weighted by Gasteiger charge is -2.30. The van der Waals surface area contributed by atoms with Crippen molar-refractivity contribution < 1.29 is 38.5 Å². The van der Waals surface area contributed by atoms with Crippen molar-refractivity contribution in [1.82, 2.24) is 10.6 Å². The minimum atomic E-state index is -1.00. The molecule has 6 atom stereocenters. The molecule has 0 saturated heterocycles. The number of hydrogen-bond donors (Lipinski definition) is 4. The summed E-state index contributed by atoms with van der Waals surface area (Å²) in [5, 5.41) is 17.2. The number of primary amides is 1. The van der Waals surface area contributed by atoms with Crippen LogP contribution in [0.5, 0.6) is 0 Å². The van der Waals surface area contributed by atoms with Crippen molar-refractivity contribution in [3.8, 4) is 0 Å². The molecular formula is C38H52N4O8. The van der Waals surface area contributed by atoms with Gasteiger partial charge in [-0.2, -0.15) is 0 Å². The van der Waals surface area contributed by atoms with Crippen LogP contribution >= 0.6 is 0 Å². The van der Waals surface area contributed by atoms with Gasteiger partial charge in [-0.3, -0.25) is 14.4 Å². The molecule has 1 aliphatic carbocycles. The van der Waals surface area contributed by atoms with Crippen molar-refractivity contribution in [1.29, 1.82) is 0 Å². The highest BCUT2D eigenvalue weighted by atomic mass is 16.6. The number of ether oxygens (including phenoxy) is 3. The summed E-state index contributed by atoms with van der Waals surface area (Å²) in [5.74, 6) is -2.12. The van der Waals surface area contributed by atoms with Crippen LogP contribution in [0, 0.1) is 11.8 Å². The van der Waals surface area contributed by atoms with Crippen molar-refractivity contribution in [3.05, 3.63) is 88.3 Å². The highest BCUT2D eigenvalue weighted by Gasteiger charge is 2.33. The van der Waals surface area contributed by atoms with Gasteiger partial charge in [-0.05, 0) is 62.3 Å². The second-order valence-corrected chi connectivity index (χ2v) is 13.2. The van der Waals surface area contributed by atoms with Crippen LogP contribution in [0.4, 0.5) is 10.5 Å². The molecule has 1 aliphatic heterocycles. The maximum atomic E-state index is 13.9. The number of carbonyl (C=O) groups excluding carboxylic acids is 4. The molecule has 1 aromatic carbocycles. The van der Waals surface area contributed by atoms with E-state index in [1.54, 1.807) is 32.1 Å². The van der Waals surface area contributed by atoms with E-state index in [9.17, 15) is 24.3 Å². The third-order valence-corrected chi connectivity index (χ3v) is 8.96. The van der Waals surface area contributed by atoms with Crippen molar-refractivity contribution in [2.45, 2.75) is 71.4 Å². The van der Waals surface area contributed by atoms with Crippen LogP contribution in [-0.4, -0.2) is 87.9 Å². The summed E-state index contributed by atoms with van der Waals surface area (Å²) < 4.78 is 16.7. The lowest BCUT2D eigenvalue weighted by molar-refractivity contribution is -0.120. The molecular weight excluding hydrogens is 640 g/mol. The van der Waals surface area contributed by atoms with Gasteiger partial charge in [0.05, 0.1) is 23.6 Å². The first-order valence-corrected chi connectivity index (χ1v) is 16.7. The number of amides is 2. The summed E-state index contributed by atoms with van der Waals surface area (Å²) in [4.78, 5) is 54.5. The number of benzene rings is 1. The van der Waals surface area contributed by atoms with Gasteiger partial charge in [0.15, 0.2) is 6.10 Å². The number of aliphatic hydroxyl groups is 1. The van der Waals surface area contributed by atoms with E-state index in [-0.39, 0.29) is 34.9 Å². The van der Waals surface area contributed by atoms with Gasteiger partial charge in [-0.15, -0.1) is 0 Å². The molecule has 0 saturated carbocycles. The van der Waals surface area contributed by atoms with E-state index in [1.165, 1.54) is 20.3 Å². The van der Waals surface area contributed by atoms with E-state index < -0.39 is 53.9 Å². The Hall–Kier alpha value is -4.52.